The number of rotatable bonds is 63. The summed E-state index contributed by atoms with van der Waals surface area (Å²) < 4.78 is 30.4. The van der Waals surface area contributed by atoms with E-state index in [0.29, 0.717) is 23.9 Å². The third-order valence-corrected chi connectivity index (χ3v) is 16.5. The van der Waals surface area contributed by atoms with Crippen LogP contribution in [0.1, 0.15) is 335 Å². The van der Waals surface area contributed by atoms with Crippen molar-refractivity contribution < 1.29 is 37.3 Å². The number of carbonyl (C=O) groups excluding carboxylic acids is 2. The maximum atomic E-state index is 13.6. The monoisotopic (exact) mass is 1140 g/mol. The summed E-state index contributed by atoms with van der Waals surface area (Å²) in [5.74, 6) is -0.552. The fourth-order valence-corrected chi connectivity index (χ4v) is 10.9. The van der Waals surface area contributed by atoms with Crippen LogP contribution >= 0.6 is 7.82 Å². The van der Waals surface area contributed by atoms with Gasteiger partial charge in [0.25, 0.3) is 7.82 Å². The van der Waals surface area contributed by atoms with Crippen LogP contribution in [-0.2, 0) is 27.9 Å². The Balaban J connectivity index is 5.07. The number of hydrogen-bond acceptors (Lipinski definition) is 7. The van der Waals surface area contributed by atoms with E-state index in [1.807, 2.05) is 33.3 Å². The third kappa shape index (κ3) is 60.6. The molecule has 9 nitrogen and oxygen atoms in total. The van der Waals surface area contributed by atoms with Gasteiger partial charge in [-0.1, -0.05) is 301 Å². The van der Waals surface area contributed by atoms with Crippen LogP contribution in [0.15, 0.2) is 48.6 Å². The third-order valence-electron chi connectivity index (χ3n) is 15.5. The number of phosphoric ester groups is 1. The van der Waals surface area contributed by atoms with Gasteiger partial charge in [0, 0.05) is 12.8 Å². The maximum Gasteiger partial charge on any atom is 0.306 e. The number of quaternary nitrogens is 1. The molecule has 0 rings (SSSR count). The molecule has 470 valence electrons. The largest absolute Gasteiger partial charge is 0.756 e. The Labute approximate surface area is 497 Å². The van der Waals surface area contributed by atoms with E-state index in [1.165, 1.54) is 218 Å². The molecule has 0 aliphatic heterocycles. The molecule has 0 aliphatic rings. The molecule has 1 amide bonds. The minimum atomic E-state index is -4.70. The lowest BCUT2D eigenvalue weighted by molar-refractivity contribution is -0.870. The molecule has 0 fully saturated rings. The Morgan fingerprint density at radius 1 is 0.438 bits per heavy atom. The number of unbranched alkanes of at least 4 members (excludes halogenated alkanes) is 41. The molecule has 80 heavy (non-hydrogen) atoms. The first-order valence-corrected chi connectivity index (χ1v) is 35.9. The number of esters is 1. The van der Waals surface area contributed by atoms with Crippen LogP contribution in [0.4, 0.5) is 0 Å². The second kappa shape index (κ2) is 60.1. The summed E-state index contributed by atoms with van der Waals surface area (Å²) in [5, 5.41) is 3.04. The highest BCUT2D eigenvalue weighted by Crippen LogP contribution is 2.38. The van der Waals surface area contributed by atoms with E-state index in [0.717, 1.165) is 77.0 Å². The van der Waals surface area contributed by atoms with E-state index in [1.54, 1.807) is 0 Å². The van der Waals surface area contributed by atoms with Crippen LogP contribution in [0.25, 0.3) is 0 Å². The van der Waals surface area contributed by atoms with Gasteiger partial charge in [0.2, 0.25) is 5.91 Å². The van der Waals surface area contributed by atoms with E-state index >= 15 is 0 Å². The highest BCUT2D eigenvalue weighted by atomic mass is 31.2. The van der Waals surface area contributed by atoms with Gasteiger partial charge in [-0.25, -0.2) is 0 Å². The summed E-state index contributed by atoms with van der Waals surface area (Å²) in [5.41, 5.74) is 0. The number of amides is 1. The molecule has 0 heterocycles. The molecule has 0 saturated heterocycles. The molecular formula is C70H133N2O7P. The Bertz CT molecular complexity index is 1510. The summed E-state index contributed by atoms with van der Waals surface area (Å²) in [6.45, 7) is 6.84. The molecule has 0 spiro atoms. The van der Waals surface area contributed by atoms with Gasteiger partial charge in [-0.2, -0.15) is 0 Å². The molecule has 1 N–H and O–H groups in total. The Morgan fingerprint density at radius 2 is 0.762 bits per heavy atom. The van der Waals surface area contributed by atoms with Crippen molar-refractivity contribution in [3.05, 3.63) is 48.6 Å². The lowest BCUT2D eigenvalue weighted by Gasteiger charge is -2.30. The lowest BCUT2D eigenvalue weighted by Crippen LogP contribution is -2.47. The first-order valence-electron chi connectivity index (χ1n) is 34.4. The number of nitrogens with one attached hydrogen (secondary N) is 1. The molecular weight excluding hydrogens is 1010 g/mol. The minimum absolute atomic E-state index is 0.0247. The lowest BCUT2D eigenvalue weighted by atomic mass is 10.0. The summed E-state index contributed by atoms with van der Waals surface area (Å²) in [7, 11) is 1.18. The molecule has 0 saturated carbocycles. The first-order chi connectivity index (χ1) is 38.9. The summed E-state index contributed by atoms with van der Waals surface area (Å²) in [6.07, 6.45) is 75.2. The van der Waals surface area contributed by atoms with Crippen molar-refractivity contribution in [1.29, 1.82) is 0 Å². The van der Waals surface area contributed by atoms with Crippen LogP contribution in [0.3, 0.4) is 0 Å². The first kappa shape index (κ1) is 78.0. The Morgan fingerprint density at radius 3 is 1.16 bits per heavy atom. The van der Waals surface area contributed by atoms with E-state index in [9.17, 15) is 19.0 Å². The van der Waals surface area contributed by atoms with Crippen LogP contribution in [-0.4, -0.2) is 69.4 Å². The molecule has 0 aromatic rings. The van der Waals surface area contributed by atoms with E-state index in [4.69, 9.17) is 13.8 Å². The summed E-state index contributed by atoms with van der Waals surface area (Å²) in [4.78, 5) is 40.1. The van der Waals surface area contributed by atoms with Crippen molar-refractivity contribution in [1.82, 2.24) is 5.32 Å². The molecule has 0 bridgehead atoms. The molecule has 3 atom stereocenters. The van der Waals surface area contributed by atoms with Gasteiger partial charge in [-0.15, -0.1) is 0 Å². The van der Waals surface area contributed by atoms with Crippen LogP contribution in [0.2, 0.25) is 0 Å². The summed E-state index contributed by atoms with van der Waals surface area (Å²) in [6, 6.07) is -0.896. The average Bonchev–Trinajstić information content (AvgIpc) is 3.42. The molecule has 0 radical (unpaired) electrons. The van der Waals surface area contributed by atoms with Crippen molar-refractivity contribution in [2.45, 2.75) is 348 Å². The van der Waals surface area contributed by atoms with E-state index in [-0.39, 0.29) is 24.9 Å². The normalized spacial score (nSPS) is 13.8. The number of likely N-dealkylation sites (N-methyl/N-ethyl adjacent to an activating group) is 1. The summed E-state index contributed by atoms with van der Waals surface area (Å²) >= 11 is 0. The number of allylic oxidation sites excluding steroid dienone is 7. The number of ether oxygens (including phenoxy) is 1. The highest BCUT2D eigenvalue weighted by Gasteiger charge is 2.27. The Kier molecular flexibility index (Phi) is 58.6. The number of phosphoric acid groups is 1. The van der Waals surface area contributed by atoms with Crippen molar-refractivity contribution in [2.75, 3.05) is 40.9 Å². The standard InChI is InChI=1S/C70H133N2O7P/c1-7-10-13-16-19-22-25-28-30-32-33-34-35-36-37-38-39-41-42-44-47-50-53-56-59-62-69(73)71-67(66-78-80(75,76)77-65-64-72(4,5)6)68(61-58-55-52-49-46-27-24-21-18-15-12-9-3)79-70(74)63-60-57-54-51-48-45-43-40-31-29-26-23-20-17-14-11-8-2/h20,23,29,31,43,45,58,61,67-68H,7-19,21-22,24-28,30,32-42,44,46-57,59-60,62-66H2,1-6H3,(H-,71,73,75,76)/b23-20-,31-29-,45-43-,61-58-. The van der Waals surface area contributed by atoms with E-state index in [2.05, 4.69) is 62.5 Å². The quantitative estimate of drug-likeness (QED) is 0.0212. The van der Waals surface area contributed by atoms with Crippen molar-refractivity contribution in [2.24, 2.45) is 0 Å². The van der Waals surface area contributed by atoms with Gasteiger partial charge in [0.1, 0.15) is 19.3 Å². The zero-order valence-electron chi connectivity index (χ0n) is 53.8. The zero-order valence-corrected chi connectivity index (χ0v) is 54.7. The predicted octanol–water partition coefficient (Wildman–Crippen LogP) is 21.0. The number of hydrogen-bond donors (Lipinski definition) is 1. The van der Waals surface area contributed by atoms with Crippen LogP contribution < -0.4 is 10.2 Å². The van der Waals surface area contributed by atoms with Crippen molar-refractivity contribution in [3.8, 4) is 0 Å². The molecule has 3 unspecified atom stereocenters. The zero-order chi connectivity index (χ0) is 58.6. The second-order valence-corrected chi connectivity index (χ2v) is 26.1. The van der Waals surface area contributed by atoms with Crippen molar-refractivity contribution >= 4 is 19.7 Å². The maximum absolute atomic E-state index is 13.6. The van der Waals surface area contributed by atoms with Crippen LogP contribution in [0, 0.1) is 0 Å². The van der Waals surface area contributed by atoms with Gasteiger partial charge < -0.3 is 28.5 Å². The molecule has 10 heteroatoms. The van der Waals surface area contributed by atoms with Gasteiger partial charge in [0.15, 0.2) is 0 Å². The topological polar surface area (TPSA) is 114 Å². The second-order valence-electron chi connectivity index (χ2n) is 24.7. The molecule has 0 aromatic carbocycles. The average molecular weight is 1150 g/mol. The smallest absolute Gasteiger partial charge is 0.306 e. The Hall–Kier alpha value is -2.03. The predicted molar refractivity (Wildman–Crippen MR) is 344 cm³/mol. The van der Waals surface area contributed by atoms with Gasteiger partial charge in [0.05, 0.1) is 33.8 Å². The fourth-order valence-electron chi connectivity index (χ4n) is 10.2. The SMILES string of the molecule is CCCCC/C=C\C/C=C\C/C=C\CCCCCCC(=O)OC(/C=C\CCCCCCCCCCCC)C(COP(=O)([O-])OCC[N+](C)(C)C)NC(=O)CCCCCCCCCCCCCCCCCCCCCCCCCCC. The van der Waals surface area contributed by atoms with Crippen molar-refractivity contribution in [3.63, 3.8) is 0 Å². The minimum Gasteiger partial charge on any atom is -0.756 e. The number of nitrogens with zero attached hydrogens (tertiary/aromatic N) is 1. The number of carbonyl (C=O) groups is 2. The van der Waals surface area contributed by atoms with E-state index < -0.39 is 26.6 Å². The molecule has 0 aromatic heterocycles. The van der Waals surface area contributed by atoms with Crippen LogP contribution in [0.5, 0.6) is 0 Å². The van der Waals surface area contributed by atoms with Gasteiger partial charge >= 0.3 is 5.97 Å². The van der Waals surface area contributed by atoms with Gasteiger partial charge in [-0.3, -0.25) is 14.2 Å². The fraction of sp³-hybridized carbons (Fsp3) is 0.857. The van der Waals surface area contributed by atoms with Gasteiger partial charge in [-0.05, 0) is 70.3 Å². The molecule has 0 aliphatic carbocycles. The highest BCUT2D eigenvalue weighted by molar-refractivity contribution is 7.45.